The number of hydrogen-bond donors (Lipinski definition) is 0. The van der Waals surface area contributed by atoms with Gasteiger partial charge >= 0.3 is 14.2 Å². The standard InChI is InChI=1S/C27H34B2O5/c1-23(2)24(3,4)32-28(31-23)17-9-11-19-20-12-10-18(29-33-25(5,6)26(7,8)34-29)14-22(20)27(15-30-16-27)21(19)13-17/h9-14H,15-16H2,1-8H3. The van der Waals surface area contributed by atoms with E-state index < -0.39 is 0 Å². The van der Waals surface area contributed by atoms with Gasteiger partial charge in [0.2, 0.25) is 0 Å². The minimum absolute atomic E-state index is 0.149. The molecule has 3 heterocycles. The van der Waals surface area contributed by atoms with Crippen LogP contribution in [0.2, 0.25) is 0 Å². The Morgan fingerprint density at radius 3 is 1.21 bits per heavy atom. The first-order chi connectivity index (χ1) is 15.8. The van der Waals surface area contributed by atoms with Crippen molar-refractivity contribution in [2.75, 3.05) is 13.2 Å². The maximum absolute atomic E-state index is 6.35. The summed E-state index contributed by atoms with van der Waals surface area (Å²) in [5, 5.41) is 0. The molecular formula is C27H34B2O5. The summed E-state index contributed by atoms with van der Waals surface area (Å²) < 4.78 is 31.2. The molecule has 6 rings (SSSR count). The van der Waals surface area contributed by atoms with Gasteiger partial charge in [0.25, 0.3) is 0 Å². The van der Waals surface area contributed by atoms with Gasteiger partial charge in [-0.2, -0.15) is 0 Å². The van der Waals surface area contributed by atoms with Crippen molar-refractivity contribution in [2.24, 2.45) is 0 Å². The molecule has 0 amide bonds. The molecule has 2 aromatic rings. The highest BCUT2D eigenvalue weighted by atomic mass is 16.7. The van der Waals surface area contributed by atoms with Crippen LogP contribution in [0.1, 0.15) is 66.5 Å². The van der Waals surface area contributed by atoms with E-state index in [1.807, 2.05) is 0 Å². The van der Waals surface area contributed by atoms with Gasteiger partial charge in [-0.1, -0.05) is 36.4 Å². The van der Waals surface area contributed by atoms with E-state index in [-0.39, 0.29) is 42.1 Å². The maximum atomic E-state index is 6.35. The Kier molecular flexibility index (Phi) is 4.54. The quantitative estimate of drug-likeness (QED) is 0.642. The van der Waals surface area contributed by atoms with Crippen LogP contribution in [0, 0.1) is 0 Å². The zero-order valence-electron chi connectivity index (χ0n) is 21.6. The van der Waals surface area contributed by atoms with Gasteiger partial charge in [0.15, 0.2) is 0 Å². The molecule has 7 heteroatoms. The minimum Gasteiger partial charge on any atom is -0.399 e. The third-order valence-corrected chi connectivity index (χ3v) is 9.16. The number of ether oxygens (including phenoxy) is 1. The lowest BCUT2D eigenvalue weighted by Gasteiger charge is -2.40. The monoisotopic (exact) mass is 460 g/mol. The van der Waals surface area contributed by atoms with Crippen LogP contribution in [0.3, 0.4) is 0 Å². The predicted octanol–water partition coefficient (Wildman–Crippen LogP) is 3.58. The van der Waals surface area contributed by atoms with Crippen LogP contribution in [0.25, 0.3) is 11.1 Å². The molecule has 3 saturated heterocycles. The fourth-order valence-electron chi connectivity index (χ4n) is 5.40. The zero-order chi connectivity index (χ0) is 24.3. The highest BCUT2D eigenvalue weighted by Gasteiger charge is 2.55. The topological polar surface area (TPSA) is 46.2 Å². The van der Waals surface area contributed by atoms with Crippen LogP contribution >= 0.6 is 0 Å². The summed E-state index contributed by atoms with van der Waals surface area (Å²) in [6.07, 6.45) is 0. The van der Waals surface area contributed by atoms with Gasteiger partial charge in [-0.05, 0) is 88.6 Å². The van der Waals surface area contributed by atoms with Gasteiger partial charge in [0.05, 0.1) is 41.0 Å². The van der Waals surface area contributed by atoms with Crippen LogP contribution in [0.5, 0.6) is 0 Å². The molecule has 178 valence electrons. The molecule has 3 aliphatic heterocycles. The van der Waals surface area contributed by atoms with Crippen molar-refractivity contribution in [2.45, 2.75) is 83.2 Å². The Bertz CT molecular complexity index is 1060. The summed E-state index contributed by atoms with van der Waals surface area (Å²) in [4.78, 5) is 0. The first-order valence-electron chi connectivity index (χ1n) is 12.3. The average Bonchev–Trinajstić information content (AvgIpc) is 3.21. The number of hydrogen-bond acceptors (Lipinski definition) is 5. The summed E-state index contributed by atoms with van der Waals surface area (Å²) in [6, 6.07) is 13.3. The molecule has 0 atom stereocenters. The number of fused-ring (bicyclic) bond motifs is 5. The van der Waals surface area contributed by atoms with E-state index in [0.29, 0.717) is 13.2 Å². The molecule has 0 aromatic heterocycles. The Morgan fingerprint density at radius 2 is 0.912 bits per heavy atom. The Labute approximate surface area is 203 Å². The molecular weight excluding hydrogens is 426 g/mol. The van der Waals surface area contributed by atoms with E-state index in [4.69, 9.17) is 23.4 Å². The SMILES string of the molecule is CC1(C)OB(c2ccc3c(c2)C2(COC2)c2cc(B4OC(C)(C)C(C)(C)O4)ccc2-3)OC1(C)C. The van der Waals surface area contributed by atoms with Crippen molar-refractivity contribution in [1.29, 1.82) is 0 Å². The lowest BCUT2D eigenvalue weighted by molar-refractivity contribution is -0.0357. The molecule has 2 aromatic carbocycles. The predicted molar refractivity (Wildman–Crippen MR) is 135 cm³/mol. The second-order valence-electron chi connectivity index (χ2n) is 12.4. The minimum atomic E-state index is -0.377. The average molecular weight is 460 g/mol. The van der Waals surface area contributed by atoms with E-state index in [0.717, 1.165) is 10.9 Å². The molecule has 3 fully saturated rings. The van der Waals surface area contributed by atoms with Crippen molar-refractivity contribution in [3.8, 4) is 11.1 Å². The van der Waals surface area contributed by atoms with Crippen molar-refractivity contribution in [3.05, 3.63) is 47.5 Å². The fraction of sp³-hybridized carbons (Fsp3) is 0.556. The summed E-state index contributed by atoms with van der Waals surface area (Å²) in [5.74, 6) is 0. The highest BCUT2D eigenvalue weighted by Crippen LogP contribution is 2.52. The van der Waals surface area contributed by atoms with E-state index in [2.05, 4.69) is 91.8 Å². The van der Waals surface area contributed by atoms with E-state index in [1.165, 1.54) is 22.3 Å². The van der Waals surface area contributed by atoms with Crippen molar-refractivity contribution in [3.63, 3.8) is 0 Å². The van der Waals surface area contributed by atoms with Crippen molar-refractivity contribution >= 4 is 25.2 Å². The van der Waals surface area contributed by atoms with Crippen LogP contribution in [0.4, 0.5) is 0 Å². The van der Waals surface area contributed by atoms with Crippen LogP contribution in [-0.4, -0.2) is 49.9 Å². The molecule has 1 aliphatic carbocycles. The van der Waals surface area contributed by atoms with Crippen molar-refractivity contribution in [1.82, 2.24) is 0 Å². The lowest BCUT2D eigenvalue weighted by atomic mass is 9.70. The van der Waals surface area contributed by atoms with E-state index >= 15 is 0 Å². The van der Waals surface area contributed by atoms with Gasteiger partial charge in [-0.3, -0.25) is 0 Å². The largest absolute Gasteiger partial charge is 0.494 e. The Morgan fingerprint density at radius 1 is 0.559 bits per heavy atom. The van der Waals surface area contributed by atoms with Gasteiger partial charge < -0.3 is 23.4 Å². The molecule has 0 N–H and O–H groups in total. The second kappa shape index (κ2) is 6.77. The summed E-state index contributed by atoms with van der Waals surface area (Å²) in [5.41, 5.74) is 5.62. The lowest BCUT2D eigenvalue weighted by Crippen LogP contribution is -2.47. The molecule has 0 bridgehead atoms. The first-order valence-corrected chi connectivity index (χ1v) is 12.3. The molecule has 34 heavy (non-hydrogen) atoms. The van der Waals surface area contributed by atoms with Crippen LogP contribution in [-0.2, 0) is 28.8 Å². The third-order valence-electron chi connectivity index (χ3n) is 9.16. The van der Waals surface area contributed by atoms with Gasteiger partial charge in [-0.15, -0.1) is 0 Å². The van der Waals surface area contributed by atoms with E-state index in [1.54, 1.807) is 0 Å². The number of rotatable bonds is 2. The summed E-state index contributed by atoms with van der Waals surface area (Å²) >= 11 is 0. The fourth-order valence-corrected chi connectivity index (χ4v) is 5.40. The third kappa shape index (κ3) is 2.94. The first kappa shape index (κ1) is 22.8. The summed E-state index contributed by atoms with van der Waals surface area (Å²) in [7, 11) is -0.755. The van der Waals surface area contributed by atoms with Crippen LogP contribution < -0.4 is 10.9 Å². The van der Waals surface area contributed by atoms with Crippen molar-refractivity contribution < 1.29 is 23.4 Å². The molecule has 5 nitrogen and oxygen atoms in total. The Balaban J connectivity index is 1.38. The second-order valence-corrected chi connectivity index (χ2v) is 12.4. The van der Waals surface area contributed by atoms with Gasteiger partial charge in [0, 0.05) is 0 Å². The zero-order valence-corrected chi connectivity index (χ0v) is 21.6. The molecule has 0 unspecified atom stereocenters. The molecule has 4 aliphatic rings. The molecule has 0 radical (unpaired) electrons. The van der Waals surface area contributed by atoms with E-state index in [9.17, 15) is 0 Å². The summed E-state index contributed by atoms with van der Waals surface area (Å²) in [6.45, 7) is 18.1. The molecule has 1 spiro atoms. The molecule has 0 saturated carbocycles. The normalized spacial score (nSPS) is 26.5. The smallest absolute Gasteiger partial charge is 0.399 e. The van der Waals surface area contributed by atoms with Crippen LogP contribution in [0.15, 0.2) is 36.4 Å². The highest BCUT2D eigenvalue weighted by molar-refractivity contribution is 6.62. The van der Waals surface area contributed by atoms with Gasteiger partial charge in [0.1, 0.15) is 0 Å². The maximum Gasteiger partial charge on any atom is 0.494 e. The number of benzene rings is 2. The Hall–Kier alpha value is -1.63. The van der Waals surface area contributed by atoms with Gasteiger partial charge in [-0.25, -0.2) is 0 Å².